The van der Waals surface area contributed by atoms with Gasteiger partial charge in [-0.25, -0.2) is 0 Å². The zero-order chi connectivity index (χ0) is 15.6. The first-order valence-corrected chi connectivity index (χ1v) is 6.63. The van der Waals surface area contributed by atoms with E-state index >= 15 is 0 Å². The summed E-state index contributed by atoms with van der Waals surface area (Å²) in [5.74, 6) is 0.483. The summed E-state index contributed by atoms with van der Waals surface area (Å²) in [5.41, 5.74) is -0.659. The minimum Gasteiger partial charge on any atom is -0.456 e. The Kier molecular flexibility index (Phi) is 4.67. The minimum atomic E-state index is -0.950. The highest BCUT2D eigenvalue weighted by Crippen LogP contribution is 2.33. The summed E-state index contributed by atoms with van der Waals surface area (Å²) >= 11 is 17.1. The van der Waals surface area contributed by atoms with Crippen LogP contribution in [0.1, 0.15) is 10.4 Å². The predicted molar refractivity (Wildman–Crippen MR) is 79.8 cm³/mol. The molecule has 0 amide bonds. The molecule has 0 atom stereocenters. The molecule has 0 aliphatic rings. The van der Waals surface area contributed by atoms with Gasteiger partial charge in [-0.15, -0.1) is 0 Å². The molecule has 0 saturated carbocycles. The van der Waals surface area contributed by atoms with Gasteiger partial charge in [-0.3, -0.25) is 14.9 Å². The monoisotopic (exact) mass is 345 g/mol. The lowest BCUT2D eigenvalue weighted by atomic mass is 10.2. The number of carbonyl (C=O) groups is 1. The largest absolute Gasteiger partial charge is 0.456 e. The molecule has 2 rings (SSSR count). The number of carbonyl (C=O) groups excluding carboxylic acids is 1. The zero-order valence-corrected chi connectivity index (χ0v) is 12.4. The van der Waals surface area contributed by atoms with Gasteiger partial charge in [0.1, 0.15) is 17.1 Å². The standard InChI is InChI=1S/C13H6Cl3NO4/c14-7-1-4-12(10(15)5-7)21-8-2-3-11(17(19)20)9(6-8)13(16)18/h1-6H. The Morgan fingerprint density at radius 2 is 1.86 bits per heavy atom. The van der Waals surface area contributed by atoms with Crippen LogP contribution >= 0.6 is 34.8 Å². The van der Waals surface area contributed by atoms with Crippen molar-refractivity contribution >= 4 is 45.7 Å². The molecule has 108 valence electrons. The normalized spacial score (nSPS) is 10.2. The van der Waals surface area contributed by atoms with Crippen molar-refractivity contribution < 1.29 is 14.5 Å². The van der Waals surface area contributed by atoms with Crippen LogP contribution in [0, 0.1) is 10.1 Å². The molecule has 0 spiro atoms. The molecule has 0 aromatic heterocycles. The van der Waals surface area contributed by atoms with Gasteiger partial charge in [-0.05, 0) is 41.9 Å². The summed E-state index contributed by atoms with van der Waals surface area (Å²) < 4.78 is 5.47. The van der Waals surface area contributed by atoms with Crippen molar-refractivity contribution in [1.29, 1.82) is 0 Å². The lowest BCUT2D eigenvalue weighted by molar-refractivity contribution is -0.385. The summed E-state index contributed by atoms with van der Waals surface area (Å²) in [5, 5.41) is 10.6. The molecule has 21 heavy (non-hydrogen) atoms. The molecular formula is C13H6Cl3NO4. The third-order valence-electron chi connectivity index (χ3n) is 2.50. The van der Waals surface area contributed by atoms with E-state index in [1.54, 1.807) is 6.07 Å². The Bertz CT molecular complexity index is 733. The fourth-order valence-corrected chi connectivity index (χ4v) is 2.18. The van der Waals surface area contributed by atoms with Crippen molar-refractivity contribution in [3.8, 4) is 11.5 Å². The number of nitro groups is 1. The fourth-order valence-electron chi connectivity index (χ4n) is 1.58. The predicted octanol–water partition coefficient (Wildman–Crippen LogP) is 5.07. The quantitative estimate of drug-likeness (QED) is 0.440. The number of ether oxygens (including phenoxy) is 1. The molecular weight excluding hydrogens is 341 g/mol. The number of nitro benzene ring substituents is 1. The van der Waals surface area contributed by atoms with Gasteiger partial charge in [0.2, 0.25) is 0 Å². The van der Waals surface area contributed by atoms with E-state index in [4.69, 9.17) is 39.5 Å². The van der Waals surface area contributed by atoms with Gasteiger partial charge in [0.15, 0.2) is 0 Å². The Labute approximate surface area is 134 Å². The molecule has 0 aliphatic heterocycles. The smallest absolute Gasteiger partial charge is 0.281 e. The molecule has 0 radical (unpaired) electrons. The molecule has 2 aromatic rings. The summed E-state index contributed by atoms with van der Waals surface area (Å²) in [6, 6.07) is 8.24. The second-order valence-corrected chi connectivity index (χ2v) is 5.07. The summed E-state index contributed by atoms with van der Waals surface area (Å²) in [7, 11) is 0. The first-order valence-electron chi connectivity index (χ1n) is 5.49. The average Bonchev–Trinajstić information content (AvgIpc) is 2.41. The van der Waals surface area contributed by atoms with Crippen molar-refractivity contribution in [3.63, 3.8) is 0 Å². The Hall–Kier alpha value is -1.82. The third kappa shape index (κ3) is 3.64. The minimum absolute atomic E-state index is 0.189. The summed E-state index contributed by atoms with van der Waals surface area (Å²) in [4.78, 5) is 21.4. The van der Waals surface area contributed by atoms with E-state index in [0.717, 1.165) is 6.07 Å². The first kappa shape index (κ1) is 15.6. The van der Waals surface area contributed by atoms with Crippen molar-refractivity contribution in [2.75, 3.05) is 0 Å². The van der Waals surface area contributed by atoms with E-state index in [2.05, 4.69) is 0 Å². The van der Waals surface area contributed by atoms with Crippen LogP contribution in [0.4, 0.5) is 5.69 Å². The topological polar surface area (TPSA) is 69.4 Å². The maximum Gasteiger partial charge on any atom is 0.281 e. The Morgan fingerprint density at radius 3 is 2.43 bits per heavy atom. The average molecular weight is 347 g/mol. The highest BCUT2D eigenvalue weighted by molar-refractivity contribution is 6.68. The van der Waals surface area contributed by atoms with Gasteiger partial charge < -0.3 is 4.74 Å². The number of benzene rings is 2. The van der Waals surface area contributed by atoms with Crippen molar-refractivity contribution in [3.05, 3.63) is 62.1 Å². The van der Waals surface area contributed by atoms with E-state index in [9.17, 15) is 14.9 Å². The molecule has 0 fully saturated rings. The van der Waals surface area contributed by atoms with E-state index in [0.29, 0.717) is 10.8 Å². The van der Waals surface area contributed by atoms with E-state index < -0.39 is 15.9 Å². The van der Waals surface area contributed by atoms with Gasteiger partial charge in [0.05, 0.1) is 9.95 Å². The first-order chi connectivity index (χ1) is 9.88. The van der Waals surface area contributed by atoms with Gasteiger partial charge in [0.25, 0.3) is 10.9 Å². The van der Waals surface area contributed by atoms with Gasteiger partial charge in [-0.1, -0.05) is 23.2 Å². The SMILES string of the molecule is O=C(Cl)c1cc(Oc2ccc(Cl)cc2Cl)ccc1[N+](=O)[O-]. The van der Waals surface area contributed by atoms with E-state index in [1.807, 2.05) is 0 Å². The van der Waals surface area contributed by atoms with Crippen LogP contribution in [-0.2, 0) is 0 Å². The molecule has 0 bridgehead atoms. The van der Waals surface area contributed by atoms with Crippen molar-refractivity contribution in [1.82, 2.24) is 0 Å². The van der Waals surface area contributed by atoms with Crippen LogP contribution < -0.4 is 4.74 Å². The van der Waals surface area contributed by atoms with Crippen LogP contribution in [0.25, 0.3) is 0 Å². The third-order valence-corrected chi connectivity index (χ3v) is 3.23. The second-order valence-electron chi connectivity index (χ2n) is 3.89. The van der Waals surface area contributed by atoms with Crippen LogP contribution in [0.2, 0.25) is 10.0 Å². The number of nitrogens with zero attached hydrogens (tertiary/aromatic N) is 1. The lowest BCUT2D eigenvalue weighted by Gasteiger charge is -2.08. The zero-order valence-electron chi connectivity index (χ0n) is 10.2. The molecule has 0 heterocycles. The Morgan fingerprint density at radius 1 is 1.14 bits per heavy atom. The second kappa shape index (κ2) is 6.30. The van der Waals surface area contributed by atoms with Crippen molar-refractivity contribution in [2.45, 2.75) is 0 Å². The number of hydrogen-bond acceptors (Lipinski definition) is 4. The van der Waals surface area contributed by atoms with Gasteiger partial charge in [-0.2, -0.15) is 0 Å². The maximum absolute atomic E-state index is 11.2. The van der Waals surface area contributed by atoms with Gasteiger partial charge >= 0.3 is 0 Å². The number of halogens is 3. The maximum atomic E-state index is 11.2. The molecule has 2 aromatic carbocycles. The lowest BCUT2D eigenvalue weighted by Crippen LogP contribution is -1.99. The van der Waals surface area contributed by atoms with Crippen LogP contribution in [0.5, 0.6) is 11.5 Å². The fraction of sp³-hybridized carbons (Fsp3) is 0. The van der Waals surface area contributed by atoms with Crippen molar-refractivity contribution in [2.24, 2.45) is 0 Å². The van der Waals surface area contributed by atoms with Crippen LogP contribution in [-0.4, -0.2) is 10.2 Å². The molecule has 0 aliphatic carbocycles. The highest BCUT2D eigenvalue weighted by Gasteiger charge is 2.20. The highest BCUT2D eigenvalue weighted by atomic mass is 35.5. The number of hydrogen-bond donors (Lipinski definition) is 0. The van der Waals surface area contributed by atoms with Gasteiger partial charge in [0, 0.05) is 11.1 Å². The van der Waals surface area contributed by atoms with Crippen LogP contribution in [0.15, 0.2) is 36.4 Å². The van der Waals surface area contributed by atoms with E-state index in [-0.39, 0.29) is 16.3 Å². The van der Waals surface area contributed by atoms with E-state index in [1.165, 1.54) is 24.3 Å². The molecule has 0 N–H and O–H groups in total. The van der Waals surface area contributed by atoms with Crippen LogP contribution in [0.3, 0.4) is 0 Å². The molecule has 0 saturated heterocycles. The molecule has 0 unspecified atom stereocenters. The summed E-state index contributed by atoms with van der Waals surface area (Å²) in [6.45, 7) is 0. The summed E-state index contributed by atoms with van der Waals surface area (Å²) in [6.07, 6.45) is 0. The molecule has 5 nitrogen and oxygen atoms in total. The Balaban J connectivity index is 2.39. The molecule has 8 heteroatoms. The number of rotatable bonds is 4.